The molecule has 3 aromatic carbocycles. The van der Waals surface area contributed by atoms with Crippen molar-refractivity contribution in [2.45, 2.75) is 19.2 Å². The molecule has 0 saturated heterocycles. The lowest BCUT2D eigenvalue weighted by atomic mass is 9.94. The molecule has 5 nitrogen and oxygen atoms in total. The minimum atomic E-state index is -4.49. The Bertz CT molecular complexity index is 1260. The van der Waals surface area contributed by atoms with Gasteiger partial charge in [0, 0.05) is 23.3 Å². The van der Waals surface area contributed by atoms with Crippen LogP contribution >= 0.6 is 0 Å². The third kappa shape index (κ3) is 3.79. The van der Waals surface area contributed by atoms with Gasteiger partial charge in [0.25, 0.3) is 0 Å². The number of hydrogen-bond acceptors (Lipinski definition) is 5. The Labute approximate surface area is 181 Å². The van der Waals surface area contributed by atoms with Gasteiger partial charge in [0.15, 0.2) is 5.75 Å². The van der Waals surface area contributed by atoms with E-state index < -0.39 is 29.8 Å². The summed E-state index contributed by atoms with van der Waals surface area (Å²) in [6.45, 7) is 1.21. The topological polar surface area (TPSA) is 61.8 Å². The Morgan fingerprint density at radius 3 is 2.41 bits per heavy atom. The number of esters is 2. The van der Waals surface area contributed by atoms with Crippen LogP contribution in [0.1, 0.15) is 40.1 Å². The van der Waals surface area contributed by atoms with Crippen molar-refractivity contribution >= 4 is 28.8 Å². The Hall–Kier alpha value is -3.81. The molecule has 0 bridgehead atoms. The summed E-state index contributed by atoms with van der Waals surface area (Å²) >= 11 is 0. The third-order valence-electron chi connectivity index (χ3n) is 5.02. The van der Waals surface area contributed by atoms with Gasteiger partial charge in [0.2, 0.25) is 0 Å². The molecule has 0 radical (unpaired) electrons. The summed E-state index contributed by atoms with van der Waals surface area (Å²) in [6, 6.07) is 11.7. The van der Waals surface area contributed by atoms with Crippen molar-refractivity contribution in [3.05, 3.63) is 76.9 Å². The number of hydrogen-bond donors (Lipinski definition) is 0. The molecule has 1 heterocycles. The van der Waals surface area contributed by atoms with Gasteiger partial charge in [-0.3, -0.25) is 4.79 Å². The Kier molecular flexibility index (Phi) is 5.38. The van der Waals surface area contributed by atoms with Gasteiger partial charge in [0.1, 0.15) is 17.4 Å². The molecule has 8 heteroatoms. The van der Waals surface area contributed by atoms with Gasteiger partial charge in [-0.25, -0.2) is 4.79 Å². The van der Waals surface area contributed by atoms with Crippen molar-refractivity contribution in [3.63, 3.8) is 0 Å². The number of halogens is 3. The van der Waals surface area contributed by atoms with Crippen LogP contribution in [0.2, 0.25) is 0 Å². The second kappa shape index (κ2) is 8.03. The minimum absolute atomic E-state index is 0.00450. The molecule has 0 saturated carbocycles. The molecule has 1 aliphatic rings. The number of carbonyl (C=O) groups is 2. The van der Waals surface area contributed by atoms with Gasteiger partial charge in [-0.2, -0.15) is 13.2 Å². The first-order valence-electron chi connectivity index (χ1n) is 9.58. The third-order valence-corrected chi connectivity index (χ3v) is 5.02. The maximum absolute atomic E-state index is 13.2. The standard InChI is InChI=1S/C24H17F3O5/c1-13(28)31-22-17-9-4-3-8-16(17)21-18(20(22)23(29)30-2)10-11-19(32-21)14-6-5-7-15(12-14)24(25,26)27/h3-12,19H,1-2H3. The lowest BCUT2D eigenvalue weighted by Gasteiger charge is -2.26. The van der Waals surface area contributed by atoms with Gasteiger partial charge in [-0.15, -0.1) is 0 Å². The van der Waals surface area contributed by atoms with E-state index in [1.807, 2.05) is 0 Å². The summed E-state index contributed by atoms with van der Waals surface area (Å²) in [7, 11) is 1.19. The van der Waals surface area contributed by atoms with E-state index in [1.54, 1.807) is 30.3 Å². The molecule has 0 amide bonds. The van der Waals surface area contributed by atoms with E-state index in [1.165, 1.54) is 32.2 Å². The molecule has 164 valence electrons. The van der Waals surface area contributed by atoms with Crippen molar-refractivity contribution in [2.24, 2.45) is 0 Å². The molecule has 1 unspecified atom stereocenters. The van der Waals surface area contributed by atoms with E-state index in [2.05, 4.69) is 0 Å². The van der Waals surface area contributed by atoms with E-state index in [0.29, 0.717) is 21.9 Å². The quantitative estimate of drug-likeness (QED) is 0.384. The lowest BCUT2D eigenvalue weighted by Crippen LogP contribution is -2.16. The highest BCUT2D eigenvalue weighted by atomic mass is 19.4. The van der Waals surface area contributed by atoms with Crippen molar-refractivity contribution in [1.82, 2.24) is 0 Å². The zero-order chi connectivity index (χ0) is 23.0. The fourth-order valence-electron chi connectivity index (χ4n) is 3.66. The van der Waals surface area contributed by atoms with E-state index >= 15 is 0 Å². The normalized spacial score (nSPS) is 15.1. The van der Waals surface area contributed by atoms with E-state index in [-0.39, 0.29) is 17.1 Å². The highest BCUT2D eigenvalue weighted by Gasteiger charge is 2.33. The van der Waals surface area contributed by atoms with E-state index in [0.717, 1.165) is 12.1 Å². The molecular weight excluding hydrogens is 425 g/mol. The van der Waals surface area contributed by atoms with Crippen LogP contribution in [-0.4, -0.2) is 19.0 Å². The number of benzene rings is 3. The molecule has 0 aliphatic carbocycles. The predicted octanol–water partition coefficient (Wildman–Crippen LogP) is 5.72. The number of rotatable bonds is 3. The Morgan fingerprint density at radius 1 is 1.03 bits per heavy atom. The first-order valence-corrected chi connectivity index (χ1v) is 9.58. The monoisotopic (exact) mass is 442 g/mol. The molecular formula is C24H17F3O5. The lowest BCUT2D eigenvalue weighted by molar-refractivity contribution is -0.137. The largest absolute Gasteiger partial charge is 0.480 e. The highest BCUT2D eigenvalue weighted by Crippen LogP contribution is 2.46. The molecule has 0 aromatic heterocycles. The fourth-order valence-corrected chi connectivity index (χ4v) is 3.66. The molecule has 0 fully saturated rings. The highest BCUT2D eigenvalue weighted by molar-refractivity contribution is 6.09. The zero-order valence-corrected chi connectivity index (χ0v) is 17.0. The molecule has 3 aromatic rings. The second-order valence-corrected chi connectivity index (χ2v) is 7.10. The number of ether oxygens (including phenoxy) is 3. The number of fused-ring (bicyclic) bond motifs is 3. The van der Waals surface area contributed by atoms with E-state index in [4.69, 9.17) is 14.2 Å². The van der Waals surface area contributed by atoms with Crippen molar-refractivity contribution in [3.8, 4) is 11.5 Å². The second-order valence-electron chi connectivity index (χ2n) is 7.10. The van der Waals surface area contributed by atoms with Gasteiger partial charge >= 0.3 is 18.1 Å². The van der Waals surface area contributed by atoms with Crippen LogP contribution in [0.15, 0.2) is 54.6 Å². The Balaban J connectivity index is 1.91. The minimum Gasteiger partial charge on any atom is -0.480 e. The van der Waals surface area contributed by atoms with Crippen molar-refractivity contribution in [1.29, 1.82) is 0 Å². The smallest absolute Gasteiger partial charge is 0.416 e. The summed E-state index contributed by atoms with van der Waals surface area (Å²) in [4.78, 5) is 24.3. The SMILES string of the molecule is COC(=O)c1c2c(c3ccccc3c1OC(C)=O)OC(c1cccc(C(F)(F)F)c1)C=C2. The summed E-state index contributed by atoms with van der Waals surface area (Å²) < 4.78 is 55.8. The summed E-state index contributed by atoms with van der Waals surface area (Å²) in [6.07, 6.45) is -2.21. The van der Waals surface area contributed by atoms with Gasteiger partial charge in [0.05, 0.1) is 12.7 Å². The molecule has 1 aliphatic heterocycles. The van der Waals surface area contributed by atoms with Crippen LogP contribution < -0.4 is 9.47 Å². The van der Waals surface area contributed by atoms with Crippen LogP contribution in [0.5, 0.6) is 11.5 Å². The summed E-state index contributed by atoms with van der Waals surface area (Å²) in [5.41, 5.74) is -0.178. The van der Waals surface area contributed by atoms with Crippen molar-refractivity contribution in [2.75, 3.05) is 7.11 Å². The van der Waals surface area contributed by atoms with Crippen LogP contribution in [0.25, 0.3) is 16.8 Å². The molecule has 32 heavy (non-hydrogen) atoms. The van der Waals surface area contributed by atoms with Crippen LogP contribution in [-0.2, 0) is 15.7 Å². The summed E-state index contributed by atoms with van der Waals surface area (Å²) in [5, 5.41) is 0.965. The van der Waals surface area contributed by atoms with Crippen LogP contribution in [0, 0.1) is 0 Å². The fraction of sp³-hybridized carbons (Fsp3) is 0.167. The Morgan fingerprint density at radius 2 is 1.75 bits per heavy atom. The molecule has 4 rings (SSSR count). The van der Waals surface area contributed by atoms with Crippen LogP contribution in [0.3, 0.4) is 0 Å². The maximum Gasteiger partial charge on any atom is 0.416 e. The molecule has 1 atom stereocenters. The molecule has 0 N–H and O–H groups in total. The van der Waals surface area contributed by atoms with E-state index in [9.17, 15) is 22.8 Å². The van der Waals surface area contributed by atoms with Gasteiger partial charge < -0.3 is 14.2 Å². The number of carbonyl (C=O) groups excluding carboxylic acids is 2. The van der Waals surface area contributed by atoms with Crippen molar-refractivity contribution < 1.29 is 37.0 Å². The first-order chi connectivity index (χ1) is 15.2. The zero-order valence-electron chi connectivity index (χ0n) is 17.0. The number of alkyl halides is 3. The van der Waals surface area contributed by atoms with Crippen LogP contribution in [0.4, 0.5) is 13.2 Å². The predicted molar refractivity (Wildman–Crippen MR) is 110 cm³/mol. The average Bonchev–Trinajstić information content (AvgIpc) is 2.78. The molecule has 0 spiro atoms. The summed E-state index contributed by atoms with van der Waals surface area (Å²) in [5.74, 6) is -1.05. The van der Waals surface area contributed by atoms with Gasteiger partial charge in [-0.1, -0.05) is 42.5 Å². The maximum atomic E-state index is 13.2. The average molecular weight is 442 g/mol. The van der Waals surface area contributed by atoms with Gasteiger partial charge in [-0.05, 0) is 23.8 Å². The first kappa shape index (κ1) is 21.4. The number of methoxy groups -OCH3 is 1.